The number of ether oxygens (including phenoxy) is 1. The molecular formula is C26H28BrN3OS. The van der Waals surface area contributed by atoms with Crippen LogP contribution in [0.4, 0.5) is 0 Å². The van der Waals surface area contributed by atoms with E-state index >= 15 is 0 Å². The molecule has 1 aliphatic heterocycles. The van der Waals surface area contributed by atoms with Crippen LogP contribution in [0.3, 0.4) is 0 Å². The lowest BCUT2D eigenvalue weighted by atomic mass is 9.99. The van der Waals surface area contributed by atoms with E-state index < -0.39 is 0 Å². The van der Waals surface area contributed by atoms with Crippen molar-refractivity contribution >= 4 is 54.0 Å². The summed E-state index contributed by atoms with van der Waals surface area (Å²) in [5, 5.41) is 2.41. The fraction of sp³-hybridized carbons (Fsp3) is 0.346. The molecule has 0 radical (unpaired) electrons. The van der Waals surface area contributed by atoms with Crippen LogP contribution in [0.1, 0.15) is 36.3 Å². The fourth-order valence-corrected chi connectivity index (χ4v) is 5.75. The second-order valence-electron chi connectivity index (χ2n) is 8.42. The van der Waals surface area contributed by atoms with Crippen molar-refractivity contribution in [1.29, 1.82) is 0 Å². The van der Waals surface area contributed by atoms with Gasteiger partial charge in [-0.3, -0.25) is 4.90 Å². The summed E-state index contributed by atoms with van der Waals surface area (Å²) in [5.74, 6) is 0.931. The largest absolute Gasteiger partial charge is 0.494 e. The molecule has 2 aromatic heterocycles. The number of unbranched alkanes of at least 4 members (excludes halogenated alkanes) is 2. The highest BCUT2D eigenvalue weighted by Crippen LogP contribution is 2.32. The monoisotopic (exact) mass is 509 g/mol. The zero-order chi connectivity index (χ0) is 21.9. The summed E-state index contributed by atoms with van der Waals surface area (Å²) in [5.41, 5.74) is 5.05. The number of nitrogens with zero attached hydrogens (tertiary/aromatic N) is 2. The fourth-order valence-electron chi connectivity index (χ4n) is 4.46. The van der Waals surface area contributed by atoms with Crippen LogP contribution in [0.2, 0.25) is 0 Å². The number of aryl methyl sites for hydroxylation is 1. The van der Waals surface area contributed by atoms with Crippen molar-refractivity contribution < 1.29 is 4.74 Å². The van der Waals surface area contributed by atoms with Crippen molar-refractivity contribution in [3.63, 3.8) is 0 Å². The zero-order valence-corrected chi connectivity index (χ0v) is 20.8. The first-order valence-corrected chi connectivity index (χ1v) is 13.0. The molecule has 0 fully saturated rings. The van der Waals surface area contributed by atoms with Gasteiger partial charge in [0, 0.05) is 40.8 Å². The van der Waals surface area contributed by atoms with Crippen LogP contribution in [0.5, 0.6) is 5.75 Å². The number of halogens is 1. The van der Waals surface area contributed by atoms with Gasteiger partial charge in [0.25, 0.3) is 0 Å². The number of thiazole rings is 1. The molecule has 5 rings (SSSR count). The van der Waals surface area contributed by atoms with Crippen LogP contribution >= 0.6 is 27.3 Å². The first kappa shape index (κ1) is 21.7. The van der Waals surface area contributed by atoms with Gasteiger partial charge in [0.15, 0.2) is 0 Å². The number of rotatable bonds is 8. The highest BCUT2D eigenvalue weighted by Gasteiger charge is 2.16. The molecule has 0 atom stereocenters. The van der Waals surface area contributed by atoms with Crippen LogP contribution in [-0.4, -0.2) is 41.1 Å². The van der Waals surface area contributed by atoms with E-state index in [-0.39, 0.29) is 0 Å². The van der Waals surface area contributed by atoms with Crippen LogP contribution in [-0.2, 0) is 0 Å². The highest BCUT2D eigenvalue weighted by molar-refractivity contribution is 9.10. The van der Waals surface area contributed by atoms with Gasteiger partial charge in [0.05, 0.1) is 27.3 Å². The van der Waals surface area contributed by atoms with E-state index in [1.807, 2.05) is 6.92 Å². The molecule has 0 bridgehead atoms. The molecular weight excluding hydrogens is 482 g/mol. The predicted molar refractivity (Wildman–Crippen MR) is 139 cm³/mol. The van der Waals surface area contributed by atoms with Gasteiger partial charge in [-0.15, -0.1) is 11.3 Å². The Kier molecular flexibility index (Phi) is 6.62. The molecule has 166 valence electrons. The summed E-state index contributed by atoms with van der Waals surface area (Å²) >= 11 is 5.37. The maximum absolute atomic E-state index is 5.95. The lowest BCUT2D eigenvalue weighted by molar-refractivity contribution is 0.276. The van der Waals surface area contributed by atoms with Gasteiger partial charge >= 0.3 is 0 Å². The van der Waals surface area contributed by atoms with E-state index in [0.717, 1.165) is 59.8 Å². The SMILES string of the molecule is Cc1nc2cc(OCCCCCN3CC=C(c4c[nH]c5c(Br)cccc45)CC3)ccc2s1. The Morgan fingerprint density at radius 3 is 3.00 bits per heavy atom. The van der Waals surface area contributed by atoms with Gasteiger partial charge in [-0.1, -0.05) is 18.2 Å². The van der Waals surface area contributed by atoms with E-state index in [9.17, 15) is 0 Å². The van der Waals surface area contributed by atoms with Crippen molar-refractivity contribution in [1.82, 2.24) is 14.9 Å². The van der Waals surface area contributed by atoms with Crippen molar-refractivity contribution in [3.05, 3.63) is 63.7 Å². The van der Waals surface area contributed by atoms with Gasteiger partial charge in [0.1, 0.15) is 5.75 Å². The number of aromatic amines is 1. The summed E-state index contributed by atoms with van der Waals surface area (Å²) in [4.78, 5) is 10.5. The number of hydrogen-bond donors (Lipinski definition) is 1. The Labute approximate surface area is 201 Å². The maximum atomic E-state index is 5.95. The van der Waals surface area contributed by atoms with Crippen molar-refractivity contribution in [2.75, 3.05) is 26.2 Å². The maximum Gasteiger partial charge on any atom is 0.121 e. The van der Waals surface area contributed by atoms with E-state index in [2.05, 4.69) is 79.5 Å². The lowest BCUT2D eigenvalue weighted by Crippen LogP contribution is -2.29. The standard InChI is InChI=1S/C26H28BrN3OS/c1-18-29-24-16-20(8-9-25(24)32-18)31-15-4-2-3-12-30-13-10-19(11-14-30)22-17-28-26-21(22)6-5-7-23(26)27/h5-10,16-17,28H,2-4,11-15H2,1H3. The molecule has 6 heteroatoms. The summed E-state index contributed by atoms with van der Waals surface area (Å²) in [6.07, 6.45) is 9.18. The minimum atomic E-state index is 0.773. The van der Waals surface area contributed by atoms with E-state index in [1.165, 1.54) is 39.6 Å². The molecule has 0 amide bonds. The molecule has 2 aromatic carbocycles. The van der Waals surface area contributed by atoms with Crippen LogP contribution < -0.4 is 4.74 Å². The van der Waals surface area contributed by atoms with E-state index in [4.69, 9.17) is 4.74 Å². The molecule has 1 aliphatic rings. The van der Waals surface area contributed by atoms with Gasteiger partial charge in [0.2, 0.25) is 0 Å². The summed E-state index contributed by atoms with van der Waals surface area (Å²) in [7, 11) is 0. The highest BCUT2D eigenvalue weighted by atomic mass is 79.9. The molecule has 0 spiro atoms. The second-order valence-corrected chi connectivity index (χ2v) is 10.5. The molecule has 0 aliphatic carbocycles. The number of benzene rings is 2. The van der Waals surface area contributed by atoms with Crippen LogP contribution in [0.15, 0.2) is 53.1 Å². The number of hydrogen-bond acceptors (Lipinski definition) is 4. The second kappa shape index (κ2) is 9.77. The number of nitrogens with one attached hydrogen (secondary N) is 1. The number of H-pyrrole nitrogens is 1. The van der Waals surface area contributed by atoms with Gasteiger partial charge < -0.3 is 9.72 Å². The third-order valence-electron chi connectivity index (χ3n) is 6.16. The average Bonchev–Trinajstić information content (AvgIpc) is 3.40. The van der Waals surface area contributed by atoms with Crippen LogP contribution in [0, 0.1) is 6.92 Å². The number of para-hydroxylation sites is 1. The summed E-state index contributed by atoms with van der Waals surface area (Å²) in [6.45, 7) is 6.16. The molecule has 3 heterocycles. The Morgan fingerprint density at radius 2 is 2.12 bits per heavy atom. The van der Waals surface area contributed by atoms with Gasteiger partial charge in [-0.2, -0.15) is 0 Å². The first-order chi connectivity index (χ1) is 15.7. The minimum absolute atomic E-state index is 0.773. The molecule has 0 saturated heterocycles. The quantitative estimate of drug-likeness (QED) is 0.255. The average molecular weight is 511 g/mol. The molecule has 0 unspecified atom stereocenters. The van der Waals surface area contributed by atoms with Gasteiger partial charge in [-0.25, -0.2) is 4.98 Å². The van der Waals surface area contributed by atoms with Gasteiger partial charge in [-0.05, 0) is 78.9 Å². The third kappa shape index (κ3) is 4.77. The Balaban J connectivity index is 1.04. The van der Waals surface area contributed by atoms with E-state index in [1.54, 1.807) is 11.3 Å². The van der Waals surface area contributed by atoms with E-state index in [0.29, 0.717) is 0 Å². The topological polar surface area (TPSA) is 41.1 Å². The zero-order valence-electron chi connectivity index (χ0n) is 18.4. The number of fused-ring (bicyclic) bond motifs is 2. The summed E-state index contributed by atoms with van der Waals surface area (Å²) < 4.78 is 8.30. The normalized spacial score (nSPS) is 14.9. The summed E-state index contributed by atoms with van der Waals surface area (Å²) in [6, 6.07) is 12.6. The Morgan fingerprint density at radius 1 is 1.19 bits per heavy atom. The molecule has 0 saturated carbocycles. The predicted octanol–water partition coefficient (Wildman–Crippen LogP) is 7.19. The third-order valence-corrected chi connectivity index (χ3v) is 7.77. The lowest BCUT2D eigenvalue weighted by Gasteiger charge is -2.26. The Hall–Kier alpha value is -2.15. The molecule has 4 aromatic rings. The molecule has 32 heavy (non-hydrogen) atoms. The molecule has 4 nitrogen and oxygen atoms in total. The molecule has 1 N–H and O–H groups in total. The smallest absolute Gasteiger partial charge is 0.121 e. The van der Waals surface area contributed by atoms with Crippen molar-refractivity contribution in [3.8, 4) is 5.75 Å². The minimum Gasteiger partial charge on any atom is -0.494 e. The first-order valence-electron chi connectivity index (χ1n) is 11.3. The van der Waals surface area contributed by atoms with Crippen molar-refractivity contribution in [2.24, 2.45) is 0 Å². The van der Waals surface area contributed by atoms with Crippen molar-refractivity contribution in [2.45, 2.75) is 32.6 Å². The number of aromatic nitrogens is 2. The Bertz CT molecular complexity index is 1260. The van der Waals surface area contributed by atoms with Crippen LogP contribution in [0.25, 0.3) is 26.7 Å².